The Kier molecular flexibility index (Phi) is 4.10. The van der Waals surface area contributed by atoms with Crippen molar-refractivity contribution < 1.29 is 9.53 Å². The van der Waals surface area contributed by atoms with Crippen LogP contribution in [-0.2, 0) is 4.79 Å². The minimum absolute atomic E-state index is 0.122. The Balaban J connectivity index is 2.13. The fourth-order valence-electron chi connectivity index (χ4n) is 2.15. The Hall–Kier alpha value is -1.55. The van der Waals surface area contributed by atoms with Gasteiger partial charge in [0.2, 0.25) is 5.91 Å². The van der Waals surface area contributed by atoms with Gasteiger partial charge in [-0.1, -0.05) is 12.1 Å². The molecule has 0 aliphatic carbocycles. The summed E-state index contributed by atoms with van der Waals surface area (Å²) in [6, 6.07) is 7.70. The standard InChI is InChI=1S/C15H22N2O2/c1-15(2,16)9-8-14(18)17-10-5-11-19-13-7-4-3-6-12(13)17/h3-4,6-7H,5,8-11,16H2,1-2H3. The summed E-state index contributed by atoms with van der Waals surface area (Å²) in [5.74, 6) is 0.914. The van der Waals surface area contributed by atoms with Gasteiger partial charge in [0.1, 0.15) is 5.75 Å². The highest BCUT2D eigenvalue weighted by atomic mass is 16.5. The van der Waals surface area contributed by atoms with Gasteiger partial charge in [-0.3, -0.25) is 4.79 Å². The Bertz CT molecular complexity index is 452. The molecule has 0 aromatic heterocycles. The zero-order chi connectivity index (χ0) is 13.9. The fourth-order valence-corrected chi connectivity index (χ4v) is 2.15. The van der Waals surface area contributed by atoms with Crippen LogP contribution in [0.15, 0.2) is 24.3 Å². The van der Waals surface area contributed by atoms with Crippen molar-refractivity contribution in [1.29, 1.82) is 0 Å². The van der Waals surface area contributed by atoms with Gasteiger partial charge in [-0.2, -0.15) is 0 Å². The molecule has 0 bridgehead atoms. The number of ether oxygens (including phenoxy) is 1. The Morgan fingerprint density at radius 1 is 1.42 bits per heavy atom. The summed E-state index contributed by atoms with van der Waals surface area (Å²) >= 11 is 0. The van der Waals surface area contributed by atoms with Crippen LogP contribution in [0.3, 0.4) is 0 Å². The summed E-state index contributed by atoms with van der Waals surface area (Å²) in [4.78, 5) is 14.2. The molecular weight excluding hydrogens is 240 g/mol. The quantitative estimate of drug-likeness (QED) is 0.909. The molecular formula is C15H22N2O2. The molecule has 19 heavy (non-hydrogen) atoms. The topological polar surface area (TPSA) is 55.6 Å². The molecule has 2 rings (SSSR count). The van der Waals surface area contributed by atoms with Gasteiger partial charge < -0.3 is 15.4 Å². The highest BCUT2D eigenvalue weighted by Gasteiger charge is 2.23. The van der Waals surface area contributed by atoms with Gasteiger partial charge in [0.15, 0.2) is 0 Å². The highest BCUT2D eigenvalue weighted by molar-refractivity contribution is 5.95. The van der Waals surface area contributed by atoms with E-state index in [4.69, 9.17) is 10.5 Å². The Morgan fingerprint density at radius 2 is 2.16 bits per heavy atom. The lowest BCUT2D eigenvalue weighted by atomic mass is 9.99. The van der Waals surface area contributed by atoms with Crippen LogP contribution in [0.5, 0.6) is 5.75 Å². The molecule has 1 aliphatic rings. The summed E-state index contributed by atoms with van der Waals surface area (Å²) < 4.78 is 5.66. The lowest BCUT2D eigenvalue weighted by Crippen LogP contribution is -2.36. The number of benzene rings is 1. The van der Waals surface area contributed by atoms with E-state index in [1.807, 2.05) is 43.0 Å². The smallest absolute Gasteiger partial charge is 0.227 e. The Labute approximate surface area is 114 Å². The first kappa shape index (κ1) is 13.9. The first-order valence-electron chi connectivity index (χ1n) is 6.78. The molecule has 0 unspecified atom stereocenters. The van der Waals surface area contributed by atoms with Crippen LogP contribution in [-0.4, -0.2) is 24.6 Å². The van der Waals surface area contributed by atoms with Crippen LogP contribution in [0.4, 0.5) is 5.69 Å². The second-order valence-electron chi connectivity index (χ2n) is 5.70. The van der Waals surface area contributed by atoms with E-state index in [0.717, 1.165) is 17.9 Å². The number of hydrogen-bond acceptors (Lipinski definition) is 3. The number of amides is 1. The molecule has 0 saturated carbocycles. The van der Waals surface area contributed by atoms with Crippen molar-refractivity contribution in [3.8, 4) is 5.75 Å². The average Bonchev–Trinajstić information content (AvgIpc) is 2.57. The molecule has 104 valence electrons. The third-order valence-corrected chi connectivity index (χ3v) is 3.22. The molecule has 0 spiro atoms. The maximum Gasteiger partial charge on any atom is 0.227 e. The molecule has 0 fully saturated rings. The van der Waals surface area contributed by atoms with Crippen LogP contribution in [0.25, 0.3) is 0 Å². The van der Waals surface area contributed by atoms with E-state index in [-0.39, 0.29) is 11.4 Å². The number of carbonyl (C=O) groups excluding carboxylic acids is 1. The molecule has 2 N–H and O–H groups in total. The maximum atomic E-state index is 12.4. The molecule has 1 aromatic carbocycles. The predicted octanol–water partition coefficient (Wildman–Crippen LogP) is 2.32. The van der Waals surface area contributed by atoms with Crippen molar-refractivity contribution >= 4 is 11.6 Å². The molecule has 4 nitrogen and oxygen atoms in total. The van der Waals surface area contributed by atoms with Gasteiger partial charge in [0, 0.05) is 18.5 Å². The monoisotopic (exact) mass is 262 g/mol. The van der Waals surface area contributed by atoms with Crippen molar-refractivity contribution in [3.05, 3.63) is 24.3 Å². The molecule has 1 aromatic rings. The minimum atomic E-state index is -0.308. The summed E-state index contributed by atoms with van der Waals surface area (Å²) in [7, 11) is 0. The van der Waals surface area contributed by atoms with Gasteiger partial charge in [0.05, 0.1) is 12.3 Å². The molecule has 0 radical (unpaired) electrons. The van der Waals surface area contributed by atoms with Crippen molar-refractivity contribution in [1.82, 2.24) is 0 Å². The number of para-hydroxylation sites is 2. The van der Waals surface area contributed by atoms with E-state index in [1.165, 1.54) is 0 Å². The minimum Gasteiger partial charge on any atom is -0.491 e. The molecule has 1 heterocycles. The molecule has 4 heteroatoms. The van der Waals surface area contributed by atoms with Crippen LogP contribution in [0, 0.1) is 0 Å². The third kappa shape index (κ3) is 3.70. The Morgan fingerprint density at radius 3 is 2.89 bits per heavy atom. The summed E-state index contributed by atoms with van der Waals surface area (Å²) in [6.07, 6.45) is 2.01. The number of nitrogens with two attached hydrogens (primary N) is 1. The SMILES string of the molecule is CC(C)(N)CCC(=O)N1CCCOc2ccccc21. The summed E-state index contributed by atoms with van der Waals surface area (Å²) in [6.45, 7) is 5.25. The van der Waals surface area contributed by atoms with Crippen molar-refractivity contribution in [3.63, 3.8) is 0 Å². The number of carbonyl (C=O) groups is 1. The van der Waals surface area contributed by atoms with E-state index >= 15 is 0 Å². The fraction of sp³-hybridized carbons (Fsp3) is 0.533. The number of fused-ring (bicyclic) bond motifs is 1. The van der Waals surface area contributed by atoms with Gasteiger partial charge in [-0.25, -0.2) is 0 Å². The second kappa shape index (κ2) is 5.61. The number of nitrogens with zero attached hydrogens (tertiary/aromatic N) is 1. The first-order valence-corrected chi connectivity index (χ1v) is 6.78. The highest BCUT2D eigenvalue weighted by Crippen LogP contribution is 2.31. The van der Waals surface area contributed by atoms with E-state index in [1.54, 1.807) is 0 Å². The molecule has 0 atom stereocenters. The van der Waals surface area contributed by atoms with Crippen molar-refractivity contribution in [2.45, 2.75) is 38.6 Å². The average molecular weight is 262 g/mol. The van der Waals surface area contributed by atoms with Gasteiger partial charge >= 0.3 is 0 Å². The largest absolute Gasteiger partial charge is 0.491 e. The van der Waals surface area contributed by atoms with E-state index in [0.29, 0.717) is 26.0 Å². The van der Waals surface area contributed by atoms with Crippen LogP contribution in [0.2, 0.25) is 0 Å². The number of hydrogen-bond donors (Lipinski definition) is 1. The van der Waals surface area contributed by atoms with Crippen molar-refractivity contribution in [2.24, 2.45) is 5.73 Å². The second-order valence-corrected chi connectivity index (χ2v) is 5.70. The predicted molar refractivity (Wildman–Crippen MR) is 76.4 cm³/mol. The van der Waals surface area contributed by atoms with Crippen LogP contribution in [0.1, 0.15) is 33.1 Å². The number of anilines is 1. The maximum absolute atomic E-state index is 12.4. The third-order valence-electron chi connectivity index (χ3n) is 3.22. The zero-order valence-corrected chi connectivity index (χ0v) is 11.7. The summed E-state index contributed by atoms with van der Waals surface area (Å²) in [5.41, 5.74) is 6.51. The summed E-state index contributed by atoms with van der Waals surface area (Å²) in [5, 5.41) is 0. The lowest BCUT2D eigenvalue weighted by Gasteiger charge is -2.24. The zero-order valence-electron chi connectivity index (χ0n) is 11.7. The van der Waals surface area contributed by atoms with E-state index < -0.39 is 0 Å². The first-order chi connectivity index (χ1) is 8.97. The molecule has 0 saturated heterocycles. The van der Waals surface area contributed by atoms with Crippen molar-refractivity contribution in [2.75, 3.05) is 18.1 Å². The lowest BCUT2D eigenvalue weighted by molar-refractivity contribution is -0.118. The van der Waals surface area contributed by atoms with Crippen LogP contribution < -0.4 is 15.4 Å². The van der Waals surface area contributed by atoms with Gasteiger partial charge in [-0.05, 0) is 38.8 Å². The van der Waals surface area contributed by atoms with Crippen LogP contribution >= 0.6 is 0 Å². The number of rotatable bonds is 3. The van der Waals surface area contributed by atoms with Gasteiger partial charge in [0.25, 0.3) is 0 Å². The molecule has 1 aliphatic heterocycles. The van der Waals surface area contributed by atoms with Gasteiger partial charge in [-0.15, -0.1) is 0 Å². The van der Waals surface area contributed by atoms with E-state index in [9.17, 15) is 4.79 Å². The van der Waals surface area contributed by atoms with E-state index in [2.05, 4.69) is 0 Å². The molecule has 1 amide bonds. The normalized spacial score (nSPS) is 15.4.